The Bertz CT molecular complexity index is 1060. The zero-order valence-corrected chi connectivity index (χ0v) is 13.8. The quantitative estimate of drug-likeness (QED) is 0.588. The number of methoxy groups -OCH3 is 1. The lowest BCUT2D eigenvalue weighted by molar-refractivity contribution is 0.102. The predicted molar refractivity (Wildman–Crippen MR) is 95.9 cm³/mol. The average Bonchev–Trinajstić information content (AvgIpc) is 3.23. The fourth-order valence-corrected chi connectivity index (χ4v) is 2.64. The van der Waals surface area contributed by atoms with Gasteiger partial charge in [-0.2, -0.15) is 15.4 Å². The molecule has 0 saturated carbocycles. The fraction of sp³-hybridized carbons (Fsp3) is 0.0556. The minimum atomic E-state index is -0.425. The van der Waals surface area contributed by atoms with E-state index in [9.17, 15) is 4.79 Å². The number of carbonyl (C=O) groups is 1. The molecular formula is C18H14N6O2. The number of fused-ring (bicyclic) bond motifs is 1. The maximum absolute atomic E-state index is 12.1. The van der Waals surface area contributed by atoms with Gasteiger partial charge in [-0.15, -0.1) is 0 Å². The van der Waals surface area contributed by atoms with Crippen molar-refractivity contribution >= 4 is 22.8 Å². The van der Waals surface area contributed by atoms with Gasteiger partial charge in [0, 0.05) is 5.56 Å². The van der Waals surface area contributed by atoms with Gasteiger partial charge in [-0.25, -0.2) is 9.97 Å². The van der Waals surface area contributed by atoms with Crippen LogP contribution in [0.2, 0.25) is 0 Å². The summed E-state index contributed by atoms with van der Waals surface area (Å²) in [6.45, 7) is 0. The van der Waals surface area contributed by atoms with E-state index in [-0.39, 0.29) is 5.69 Å². The van der Waals surface area contributed by atoms with Crippen LogP contribution in [-0.2, 0) is 0 Å². The van der Waals surface area contributed by atoms with Crippen molar-refractivity contribution < 1.29 is 9.53 Å². The molecule has 0 saturated heterocycles. The third-order valence-corrected chi connectivity index (χ3v) is 3.86. The molecule has 0 unspecified atom stereocenters. The molecule has 2 N–H and O–H groups in total. The number of H-pyrrole nitrogens is 1. The number of anilines is 1. The number of rotatable bonds is 4. The van der Waals surface area contributed by atoms with Crippen LogP contribution in [0.3, 0.4) is 0 Å². The second-order valence-electron chi connectivity index (χ2n) is 5.44. The van der Waals surface area contributed by atoms with Gasteiger partial charge in [-0.1, -0.05) is 30.3 Å². The van der Waals surface area contributed by atoms with E-state index < -0.39 is 5.91 Å². The normalized spacial score (nSPS) is 10.7. The summed E-state index contributed by atoms with van der Waals surface area (Å²) < 4.78 is 5.41. The number of benzene rings is 2. The van der Waals surface area contributed by atoms with Gasteiger partial charge in [0.15, 0.2) is 11.5 Å². The first-order valence-electron chi connectivity index (χ1n) is 7.82. The minimum absolute atomic E-state index is 0.164. The molecular weight excluding hydrogens is 332 g/mol. The van der Waals surface area contributed by atoms with E-state index in [0.29, 0.717) is 22.6 Å². The number of nitrogens with one attached hydrogen (secondary N) is 2. The number of aromatic amines is 1. The maximum atomic E-state index is 12.1. The Balaban J connectivity index is 1.78. The number of ether oxygens (including phenoxy) is 1. The number of carbonyl (C=O) groups excluding carboxylic acids is 1. The summed E-state index contributed by atoms with van der Waals surface area (Å²) in [7, 11) is 1.57. The minimum Gasteiger partial charge on any atom is -0.494 e. The standard InChI is InChI=1S/C18H14N6O2/c1-26-14-8-7-12(11-5-3-2-4-6-11)16-17(14)21-15(10-19-16)22-18(25)13-9-20-24-23-13/h2-10H,1H3,(H,20,23,24)(H,21,22,25). The molecule has 0 aliphatic carbocycles. The molecule has 0 radical (unpaired) electrons. The van der Waals surface area contributed by atoms with Crippen LogP contribution in [-0.4, -0.2) is 38.4 Å². The van der Waals surface area contributed by atoms with Gasteiger partial charge in [-0.05, 0) is 17.7 Å². The zero-order valence-electron chi connectivity index (χ0n) is 13.8. The summed E-state index contributed by atoms with van der Waals surface area (Å²) in [5.74, 6) is 0.448. The SMILES string of the molecule is COc1ccc(-c2ccccc2)c2ncc(NC(=O)c3cn[nH]n3)nc12. The number of nitrogens with zero attached hydrogens (tertiary/aromatic N) is 4. The molecule has 8 nitrogen and oxygen atoms in total. The first-order valence-corrected chi connectivity index (χ1v) is 7.82. The Morgan fingerprint density at radius 1 is 1.08 bits per heavy atom. The number of hydrogen-bond acceptors (Lipinski definition) is 6. The van der Waals surface area contributed by atoms with E-state index >= 15 is 0 Å². The number of amides is 1. The van der Waals surface area contributed by atoms with E-state index in [4.69, 9.17) is 4.74 Å². The van der Waals surface area contributed by atoms with Gasteiger partial charge in [0.2, 0.25) is 0 Å². The molecule has 2 heterocycles. The zero-order chi connectivity index (χ0) is 17.9. The van der Waals surface area contributed by atoms with Gasteiger partial charge < -0.3 is 10.1 Å². The average molecular weight is 346 g/mol. The summed E-state index contributed by atoms with van der Waals surface area (Å²) in [6, 6.07) is 13.7. The van der Waals surface area contributed by atoms with E-state index in [1.54, 1.807) is 7.11 Å². The predicted octanol–water partition coefficient (Wildman–Crippen LogP) is 2.68. The Morgan fingerprint density at radius 3 is 2.65 bits per heavy atom. The molecule has 26 heavy (non-hydrogen) atoms. The molecule has 0 atom stereocenters. The molecule has 8 heteroatoms. The number of aromatic nitrogens is 5. The largest absolute Gasteiger partial charge is 0.494 e. The third kappa shape index (κ3) is 2.84. The third-order valence-electron chi connectivity index (χ3n) is 3.86. The van der Waals surface area contributed by atoms with E-state index in [0.717, 1.165) is 11.1 Å². The molecule has 4 aromatic rings. The van der Waals surface area contributed by atoms with E-state index in [1.165, 1.54) is 12.4 Å². The smallest absolute Gasteiger partial charge is 0.279 e. The van der Waals surface area contributed by atoms with Crippen molar-refractivity contribution in [3.8, 4) is 16.9 Å². The van der Waals surface area contributed by atoms with Gasteiger partial charge >= 0.3 is 0 Å². The Morgan fingerprint density at radius 2 is 1.92 bits per heavy atom. The van der Waals surface area contributed by atoms with Crippen molar-refractivity contribution in [3.05, 3.63) is 60.6 Å². The fourth-order valence-electron chi connectivity index (χ4n) is 2.64. The first kappa shape index (κ1) is 15.7. The second-order valence-corrected chi connectivity index (χ2v) is 5.44. The van der Waals surface area contributed by atoms with E-state index in [1.807, 2.05) is 42.5 Å². The summed E-state index contributed by atoms with van der Waals surface area (Å²) in [5.41, 5.74) is 3.37. The Labute approximate surface area is 148 Å². The van der Waals surface area contributed by atoms with Gasteiger partial charge in [0.1, 0.15) is 16.8 Å². The molecule has 128 valence electrons. The van der Waals surface area contributed by atoms with Crippen LogP contribution in [0.15, 0.2) is 54.9 Å². The Hall–Kier alpha value is -3.81. The molecule has 0 aliphatic heterocycles. The van der Waals surface area contributed by atoms with Gasteiger partial charge in [0.25, 0.3) is 5.91 Å². The van der Waals surface area contributed by atoms with Crippen molar-refractivity contribution in [1.82, 2.24) is 25.4 Å². The highest BCUT2D eigenvalue weighted by Gasteiger charge is 2.14. The maximum Gasteiger partial charge on any atom is 0.279 e. The molecule has 0 spiro atoms. The molecule has 2 aromatic carbocycles. The van der Waals surface area contributed by atoms with Crippen LogP contribution >= 0.6 is 0 Å². The van der Waals surface area contributed by atoms with Crippen LogP contribution in [0, 0.1) is 0 Å². The highest BCUT2D eigenvalue weighted by molar-refractivity contribution is 6.03. The molecule has 0 aliphatic rings. The van der Waals surface area contributed by atoms with E-state index in [2.05, 4.69) is 30.7 Å². The van der Waals surface area contributed by atoms with Crippen LogP contribution in [0.1, 0.15) is 10.5 Å². The lowest BCUT2D eigenvalue weighted by atomic mass is 10.0. The topological polar surface area (TPSA) is 106 Å². The van der Waals surface area contributed by atoms with Crippen LogP contribution in [0.4, 0.5) is 5.82 Å². The van der Waals surface area contributed by atoms with Crippen LogP contribution in [0.5, 0.6) is 5.75 Å². The summed E-state index contributed by atoms with van der Waals surface area (Å²) in [4.78, 5) is 21.1. The summed E-state index contributed by atoms with van der Waals surface area (Å²) in [6.07, 6.45) is 2.84. The lowest BCUT2D eigenvalue weighted by Gasteiger charge is -2.11. The Kier molecular flexibility index (Phi) is 3.98. The molecule has 0 fully saturated rings. The second kappa shape index (κ2) is 6.60. The summed E-state index contributed by atoms with van der Waals surface area (Å²) in [5, 5.41) is 12.4. The van der Waals surface area contributed by atoms with Crippen molar-refractivity contribution in [2.75, 3.05) is 12.4 Å². The van der Waals surface area contributed by atoms with Gasteiger partial charge in [0.05, 0.1) is 19.5 Å². The molecule has 4 rings (SSSR count). The number of hydrogen-bond donors (Lipinski definition) is 2. The highest BCUT2D eigenvalue weighted by Crippen LogP contribution is 2.32. The monoisotopic (exact) mass is 346 g/mol. The van der Waals surface area contributed by atoms with Crippen molar-refractivity contribution in [2.24, 2.45) is 0 Å². The lowest BCUT2D eigenvalue weighted by Crippen LogP contribution is -2.14. The molecule has 2 aromatic heterocycles. The molecule has 0 bridgehead atoms. The summed E-state index contributed by atoms with van der Waals surface area (Å²) >= 11 is 0. The highest BCUT2D eigenvalue weighted by atomic mass is 16.5. The van der Waals surface area contributed by atoms with Crippen LogP contribution < -0.4 is 10.1 Å². The van der Waals surface area contributed by atoms with Crippen LogP contribution in [0.25, 0.3) is 22.2 Å². The van der Waals surface area contributed by atoms with Crippen molar-refractivity contribution in [2.45, 2.75) is 0 Å². The first-order chi connectivity index (χ1) is 12.8. The van der Waals surface area contributed by atoms with Gasteiger partial charge in [-0.3, -0.25) is 4.79 Å². The van der Waals surface area contributed by atoms with Crippen molar-refractivity contribution in [3.63, 3.8) is 0 Å². The molecule has 1 amide bonds. The van der Waals surface area contributed by atoms with Crippen molar-refractivity contribution in [1.29, 1.82) is 0 Å².